The molecule has 0 aromatic carbocycles. The number of hydrogen-bond donors (Lipinski definition) is 1. The van der Waals surface area contributed by atoms with Crippen molar-refractivity contribution in [3.05, 3.63) is 0 Å². The van der Waals surface area contributed by atoms with Gasteiger partial charge in [0.05, 0.1) is 11.7 Å². The molecule has 0 aromatic rings. The van der Waals surface area contributed by atoms with E-state index in [1.54, 1.807) is 0 Å². The second-order valence-electron chi connectivity index (χ2n) is 3.53. The van der Waals surface area contributed by atoms with Crippen LogP contribution in [0.2, 0.25) is 0 Å². The lowest BCUT2D eigenvalue weighted by atomic mass is 10.2. The van der Waals surface area contributed by atoms with Gasteiger partial charge in [-0.15, -0.1) is 0 Å². The van der Waals surface area contributed by atoms with E-state index in [-0.39, 0.29) is 17.3 Å². The van der Waals surface area contributed by atoms with Crippen LogP contribution in [0, 0.1) is 5.92 Å². The van der Waals surface area contributed by atoms with Crippen LogP contribution in [0.25, 0.3) is 0 Å². The Bertz CT molecular complexity index is 333. The molecule has 7 heteroatoms. The first-order chi connectivity index (χ1) is 6.72. The highest BCUT2D eigenvalue weighted by atomic mass is 32.2. The molecule has 0 radical (unpaired) electrons. The maximum absolute atomic E-state index is 11.3. The lowest BCUT2D eigenvalue weighted by molar-refractivity contribution is -0.140. The van der Waals surface area contributed by atoms with E-state index in [0.717, 1.165) is 6.26 Å². The number of aliphatic carboxylic acids is 1. The molecule has 0 aliphatic heterocycles. The topological polar surface area (TPSA) is 88.5 Å². The molecular weight excluding hydrogens is 240 g/mol. The molecule has 0 spiro atoms. The summed E-state index contributed by atoms with van der Waals surface area (Å²) in [4.78, 5) is 10.4. The smallest absolute Gasteiger partial charge is 0.307 e. The van der Waals surface area contributed by atoms with Crippen LogP contribution >= 0.6 is 0 Å². The Morgan fingerprint density at radius 2 is 2.00 bits per heavy atom. The van der Waals surface area contributed by atoms with Crippen molar-refractivity contribution in [3.8, 4) is 0 Å². The molecule has 0 aromatic heterocycles. The zero-order valence-corrected chi connectivity index (χ0v) is 10.4. The number of carboxylic acids is 1. The van der Waals surface area contributed by atoms with Gasteiger partial charge in [-0.3, -0.25) is 9.00 Å². The van der Waals surface area contributed by atoms with Crippen LogP contribution in [0.4, 0.5) is 0 Å². The molecule has 0 aliphatic rings. The number of hydrogen-bond acceptors (Lipinski definition) is 4. The minimum Gasteiger partial charge on any atom is -0.481 e. The molecule has 0 rings (SSSR count). The zero-order chi connectivity index (χ0) is 12.1. The zero-order valence-electron chi connectivity index (χ0n) is 8.80. The van der Waals surface area contributed by atoms with Crippen molar-refractivity contribution in [1.29, 1.82) is 0 Å². The van der Waals surface area contributed by atoms with Crippen LogP contribution in [0.1, 0.15) is 13.3 Å². The van der Waals surface area contributed by atoms with E-state index in [9.17, 15) is 17.4 Å². The van der Waals surface area contributed by atoms with E-state index in [0.29, 0.717) is 6.42 Å². The van der Waals surface area contributed by atoms with Crippen molar-refractivity contribution in [2.75, 3.05) is 23.5 Å². The summed E-state index contributed by atoms with van der Waals surface area (Å²) in [5.74, 6) is -1.31. The number of sulfone groups is 1. The molecule has 0 bridgehead atoms. The summed E-state index contributed by atoms with van der Waals surface area (Å²) < 4.78 is 32.8. The van der Waals surface area contributed by atoms with E-state index in [1.807, 2.05) is 0 Å². The van der Waals surface area contributed by atoms with Crippen molar-refractivity contribution in [2.45, 2.75) is 13.3 Å². The summed E-state index contributed by atoms with van der Waals surface area (Å²) >= 11 is 0. The van der Waals surface area contributed by atoms with Crippen molar-refractivity contribution >= 4 is 26.6 Å². The van der Waals surface area contributed by atoms with E-state index >= 15 is 0 Å². The van der Waals surface area contributed by atoms with Gasteiger partial charge in [0.2, 0.25) is 0 Å². The Balaban J connectivity index is 3.82. The molecular formula is C8H16O5S2. The Morgan fingerprint density at radius 3 is 2.40 bits per heavy atom. The first kappa shape index (κ1) is 14.6. The van der Waals surface area contributed by atoms with Gasteiger partial charge in [-0.1, -0.05) is 6.92 Å². The molecule has 2 unspecified atom stereocenters. The van der Waals surface area contributed by atoms with Gasteiger partial charge in [0.25, 0.3) is 0 Å². The van der Waals surface area contributed by atoms with E-state index < -0.39 is 32.5 Å². The summed E-state index contributed by atoms with van der Waals surface area (Å²) in [6.07, 6.45) is 1.44. The van der Waals surface area contributed by atoms with Gasteiger partial charge >= 0.3 is 5.97 Å². The van der Waals surface area contributed by atoms with Gasteiger partial charge in [-0.2, -0.15) is 0 Å². The van der Waals surface area contributed by atoms with Gasteiger partial charge in [-0.05, 0) is 6.42 Å². The molecule has 0 amide bonds. The van der Waals surface area contributed by atoms with E-state index in [1.165, 1.54) is 6.92 Å². The maximum atomic E-state index is 11.3. The predicted octanol–water partition coefficient (Wildman–Crippen LogP) is -0.109. The first-order valence-corrected chi connectivity index (χ1v) is 8.02. The normalized spacial score (nSPS) is 15.9. The van der Waals surface area contributed by atoms with Crippen LogP contribution in [0.15, 0.2) is 0 Å². The van der Waals surface area contributed by atoms with Crippen LogP contribution in [-0.2, 0) is 25.4 Å². The molecule has 15 heavy (non-hydrogen) atoms. The summed E-state index contributed by atoms with van der Waals surface area (Å²) in [6.45, 7) is 1.48. The number of carboxylic acid groups (broad SMARTS) is 1. The minimum atomic E-state index is -3.02. The minimum absolute atomic E-state index is 0.000191. The van der Waals surface area contributed by atoms with E-state index in [4.69, 9.17) is 5.11 Å². The molecule has 0 aliphatic carbocycles. The Morgan fingerprint density at radius 1 is 1.47 bits per heavy atom. The molecule has 0 heterocycles. The fourth-order valence-electron chi connectivity index (χ4n) is 0.916. The molecule has 1 N–H and O–H groups in total. The molecule has 90 valence electrons. The highest BCUT2D eigenvalue weighted by Crippen LogP contribution is 2.00. The Labute approximate surface area is 92.2 Å². The van der Waals surface area contributed by atoms with Crippen molar-refractivity contribution < 1.29 is 22.5 Å². The summed E-state index contributed by atoms with van der Waals surface area (Å²) in [7, 11) is -4.27. The fraction of sp³-hybridized carbons (Fsp3) is 0.875. The average Bonchev–Trinajstić information content (AvgIpc) is 2.01. The maximum Gasteiger partial charge on any atom is 0.307 e. The average molecular weight is 256 g/mol. The third-order valence-electron chi connectivity index (χ3n) is 1.74. The Kier molecular flexibility index (Phi) is 6.04. The second kappa shape index (κ2) is 6.22. The van der Waals surface area contributed by atoms with Crippen LogP contribution in [-0.4, -0.2) is 47.2 Å². The number of carbonyl (C=O) groups is 1. The number of rotatable bonds is 7. The molecule has 0 saturated heterocycles. The van der Waals surface area contributed by atoms with Gasteiger partial charge in [-0.25, -0.2) is 8.42 Å². The Hall–Kier alpha value is -0.430. The van der Waals surface area contributed by atoms with Crippen LogP contribution < -0.4 is 0 Å². The highest BCUT2D eigenvalue weighted by molar-refractivity contribution is 7.90. The first-order valence-electron chi connectivity index (χ1n) is 4.48. The predicted molar refractivity (Wildman–Crippen MR) is 59.0 cm³/mol. The van der Waals surface area contributed by atoms with Gasteiger partial charge in [0.1, 0.15) is 9.84 Å². The van der Waals surface area contributed by atoms with Gasteiger partial charge < -0.3 is 5.11 Å². The summed E-state index contributed by atoms with van der Waals surface area (Å²) in [6, 6.07) is 0. The lowest BCUT2D eigenvalue weighted by Crippen LogP contribution is -2.19. The fourth-order valence-corrected chi connectivity index (χ4v) is 3.10. The van der Waals surface area contributed by atoms with Crippen LogP contribution in [0.3, 0.4) is 0 Å². The molecule has 2 atom stereocenters. The van der Waals surface area contributed by atoms with Gasteiger partial charge in [0, 0.05) is 28.6 Å². The van der Waals surface area contributed by atoms with E-state index in [2.05, 4.69) is 0 Å². The second-order valence-corrected chi connectivity index (χ2v) is 7.41. The summed E-state index contributed by atoms with van der Waals surface area (Å²) in [5, 5.41) is 8.56. The van der Waals surface area contributed by atoms with Crippen molar-refractivity contribution in [1.82, 2.24) is 0 Å². The largest absolute Gasteiger partial charge is 0.481 e. The van der Waals surface area contributed by atoms with Gasteiger partial charge in [0.15, 0.2) is 0 Å². The highest BCUT2D eigenvalue weighted by Gasteiger charge is 2.14. The third kappa shape index (κ3) is 8.56. The lowest BCUT2D eigenvalue weighted by Gasteiger charge is -2.05. The molecule has 5 nitrogen and oxygen atoms in total. The van der Waals surface area contributed by atoms with Crippen molar-refractivity contribution in [3.63, 3.8) is 0 Å². The monoisotopic (exact) mass is 256 g/mol. The van der Waals surface area contributed by atoms with Crippen molar-refractivity contribution in [2.24, 2.45) is 5.92 Å². The SMILES string of the molecule is CC(CS(=O)CCCS(C)(=O)=O)C(=O)O. The molecule has 0 fully saturated rings. The third-order valence-corrected chi connectivity index (χ3v) is 4.39. The van der Waals surface area contributed by atoms with Crippen LogP contribution in [0.5, 0.6) is 0 Å². The quantitative estimate of drug-likeness (QED) is 0.686. The summed E-state index contributed by atoms with van der Waals surface area (Å²) in [5.41, 5.74) is 0. The standard InChI is InChI=1S/C8H16O5S2/c1-7(8(9)10)6-14(11)4-3-5-15(2,12)13/h7H,3-6H2,1-2H3,(H,9,10). The molecule has 0 saturated carbocycles.